The van der Waals surface area contributed by atoms with Crippen LogP contribution in [0.15, 0.2) is 84.9 Å². The molecule has 6 heteroatoms. The van der Waals surface area contributed by atoms with E-state index in [1.54, 1.807) is 11.9 Å². The van der Waals surface area contributed by atoms with Gasteiger partial charge in [-0.25, -0.2) is 0 Å². The molecule has 0 aliphatic rings. The third-order valence-electron chi connectivity index (χ3n) is 7.84. The summed E-state index contributed by atoms with van der Waals surface area (Å²) in [4.78, 5) is 29.1. The van der Waals surface area contributed by atoms with Crippen LogP contribution in [-0.4, -0.2) is 48.9 Å². The first-order valence-corrected chi connectivity index (χ1v) is 14.4. The smallest absolute Gasteiger partial charge is 0.245 e. The fourth-order valence-electron chi connectivity index (χ4n) is 5.49. The van der Waals surface area contributed by atoms with Crippen LogP contribution >= 0.6 is 0 Å². The minimum Gasteiger partial charge on any atom is -0.344 e. The first-order valence-electron chi connectivity index (χ1n) is 14.4. The van der Waals surface area contributed by atoms with Crippen LogP contribution in [0.5, 0.6) is 0 Å². The van der Waals surface area contributed by atoms with Crippen LogP contribution in [0.3, 0.4) is 0 Å². The van der Waals surface area contributed by atoms with E-state index in [0.29, 0.717) is 32.4 Å². The second kappa shape index (κ2) is 14.1. The SMILES string of the molecule is CCCC(CCN)C(=O)NC(Cc1ccc2ccccc2c1)C(=O)N(C)[C@@H](CN)Cc1ccc2ccccc2c1. The molecule has 0 spiro atoms. The molecular formula is C34H42N4O2. The van der Waals surface area contributed by atoms with Gasteiger partial charge in [0.15, 0.2) is 0 Å². The highest BCUT2D eigenvalue weighted by Gasteiger charge is 2.30. The number of hydrogen-bond acceptors (Lipinski definition) is 4. The van der Waals surface area contributed by atoms with E-state index in [1.165, 1.54) is 5.39 Å². The lowest BCUT2D eigenvalue weighted by atomic mass is 9.96. The van der Waals surface area contributed by atoms with Crippen molar-refractivity contribution in [2.45, 2.75) is 51.1 Å². The molecule has 0 saturated carbocycles. The standard InChI is InChI=1S/C34H42N4O2/c1-3-8-28(17-18-35)33(39)37-32(22-25-14-16-27-10-5-7-12-30(27)20-25)34(40)38(2)31(23-36)21-24-13-15-26-9-4-6-11-29(26)19-24/h4-7,9-16,19-20,28,31-32H,3,8,17-18,21-23,35-36H2,1-2H3,(H,37,39)/t28?,31-,32?/m1/s1. The molecule has 4 rings (SSSR count). The van der Waals surface area contributed by atoms with Gasteiger partial charge in [-0.05, 0) is 58.5 Å². The normalized spacial score (nSPS) is 13.6. The van der Waals surface area contributed by atoms with Crippen LogP contribution < -0.4 is 16.8 Å². The molecule has 0 radical (unpaired) electrons. The number of rotatable bonds is 13. The Morgan fingerprint density at radius 3 is 1.85 bits per heavy atom. The minimum absolute atomic E-state index is 0.112. The lowest BCUT2D eigenvalue weighted by molar-refractivity contribution is -0.138. The molecule has 4 aromatic rings. The largest absolute Gasteiger partial charge is 0.344 e. The van der Waals surface area contributed by atoms with E-state index < -0.39 is 6.04 Å². The Kier molecular flexibility index (Phi) is 10.3. The van der Waals surface area contributed by atoms with Gasteiger partial charge in [-0.1, -0.05) is 98.3 Å². The van der Waals surface area contributed by atoms with E-state index in [-0.39, 0.29) is 23.8 Å². The van der Waals surface area contributed by atoms with E-state index in [9.17, 15) is 9.59 Å². The van der Waals surface area contributed by atoms with Gasteiger partial charge in [0.1, 0.15) is 6.04 Å². The molecule has 0 bridgehead atoms. The lowest BCUT2D eigenvalue weighted by Crippen LogP contribution is -2.54. The van der Waals surface area contributed by atoms with Crippen LogP contribution in [-0.2, 0) is 22.4 Å². The molecule has 0 aromatic heterocycles. The summed E-state index contributed by atoms with van der Waals surface area (Å²) < 4.78 is 0. The molecule has 0 saturated heterocycles. The Hall–Kier alpha value is -3.74. The Balaban J connectivity index is 1.57. The third-order valence-corrected chi connectivity index (χ3v) is 7.84. The zero-order chi connectivity index (χ0) is 28.5. The van der Waals surface area contributed by atoms with Gasteiger partial charge in [0.2, 0.25) is 11.8 Å². The van der Waals surface area contributed by atoms with Crippen molar-refractivity contribution in [1.29, 1.82) is 0 Å². The summed E-state index contributed by atoms with van der Waals surface area (Å²) in [5.41, 5.74) is 14.1. The van der Waals surface area contributed by atoms with E-state index in [2.05, 4.69) is 66.8 Å². The molecule has 2 unspecified atom stereocenters. The van der Waals surface area contributed by atoms with Crippen molar-refractivity contribution in [3.63, 3.8) is 0 Å². The number of hydrogen-bond donors (Lipinski definition) is 3. The maximum absolute atomic E-state index is 14.0. The highest BCUT2D eigenvalue weighted by molar-refractivity contribution is 5.89. The number of benzene rings is 4. The number of nitrogens with zero attached hydrogens (tertiary/aromatic N) is 1. The first-order chi connectivity index (χ1) is 19.4. The zero-order valence-electron chi connectivity index (χ0n) is 23.7. The summed E-state index contributed by atoms with van der Waals surface area (Å²) in [7, 11) is 1.80. The second-order valence-corrected chi connectivity index (χ2v) is 10.7. The lowest BCUT2D eigenvalue weighted by Gasteiger charge is -2.32. The predicted molar refractivity (Wildman–Crippen MR) is 165 cm³/mol. The number of likely N-dealkylation sites (N-methyl/N-ethyl adjacent to an activating group) is 1. The molecule has 2 amide bonds. The number of carbonyl (C=O) groups is 2. The molecule has 210 valence electrons. The molecule has 3 atom stereocenters. The molecule has 0 heterocycles. The number of fused-ring (bicyclic) bond motifs is 2. The van der Waals surface area contributed by atoms with Gasteiger partial charge >= 0.3 is 0 Å². The van der Waals surface area contributed by atoms with Crippen molar-refractivity contribution in [3.8, 4) is 0 Å². The number of nitrogens with two attached hydrogens (primary N) is 2. The van der Waals surface area contributed by atoms with Gasteiger partial charge in [-0.2, -0.15) is 0 Å². The zero-order valence-corrected chi connectivity index (χ0v) is 23.7. The Bertz CT molecular complexity index is 1430. The quantitative estimate of drug-likeness (QED) is 0.227. The highest BCUT2D eigenvalue weighted by Crippen LogP contribution is 2.20. The minimum atomic E-state index is -0.707. The average molecular weight is 539 g/mol. The van der Waals surface area contributed by atoms with E-state index in [0.717, 1.165) is 40.1 Å². The molecule has 0 aliphatic carbocycles. The number of carbonyl (C=O) groups excluding carboxylic acids is 2. The van der Waals surface area contributed by atoms with Crippen LogP contribution in [0.4, 0.5) is 0 Å². The van der Waals surface area contributed by atoms with Crippen molar-refractivity contribution < 1.29 is 9.59 Å². The summed E-state index contributed by atoms with van der Waals surface area (Å²) in [6, 6.07) is 28.0. The van der Waals surface area contributed by atoms with Crippen LogP contribution in [0, 0.1) is 5.92 Å². The fourth-order valence-corrected chi connectivity index (χ4v) is 5.49. The highest BCUT2D eigenvalue weighted by atomic mass is 16.2. The molecular weight excluding hydrogens is 496 g/mol. The van der Waals surface area contributed by atoms with Gasteiger partial charge < -0.3 is 21.7 Å². The monoisotopic (exact) mass is 538 g/mol. The third kappa shape index (κ3) is 7.26. The van der Waals surface area contributed by atoms with E-state index >= 15 is 0 Å². The van der Waals surface area contributed by atoms with Gasteiger partial charge in [-0.3, -0.25) is 9.59 Å². The topological polar surface area (TPSA) is 101 Å². The summed E-state index contributed by atoms with van der Waals surface area (Å²) in [6.45, 7) is 2.81. The van der Waals surface area contributed by atoms with Crippen molar-refractivity contribution in [2.75, 3.05) is 20.1 Å². The molecule has 0 aliphatic heterocycles. The van der Waals surface area contributed by atoms with Gasteiger partial charge in [0.05, 0.1) is 0 Å². The number of nitrogens with one attached hydrogen (secondary N) is 1. The Morgan fingerprint density at radius 2 is 1.32 bits per heavy atom. The summed E-state index contributed by atoms with van der Waals surface area (Å²) in [5, 5.41) is 7.69. The van der Waals surface area contributed by atoms with Crippen molar-refractivity contribution in [3.05, 3.63) is 96.1 Å². The molecule has 40 heavy (non-hydrogen) atoms. The second-order valence-electron chi connectivity index (χ2n) is 10.7. The van der Waals surface area contributed by atoms with Crippen LogP contribution in [0.2, 0.25) is 0 Å². The summed E-state index contributed by atoms with van der Waals surface area (Å²) in [5.74, 6) is -0.463. The van der Waals surface area contributed by atoms with Crippen molar-refractivity contribution in [2.24, 2.45) is 17.4 Å². The first kappa shape index (κ1) is 29.2. The maximum Gasteiger partial charge on any atom is 0.245 e. The van der Waals surface area contributed by atoms with E-state index in [4.69, 9.17) is 11.5 Å². The van der Waals surface area contributed by atoms with Gasteiger partial charge in [0.25, 0.3) is 0 Å². The molecule has 4 aromatic carbocycles. The molecule has 6 nitrogen and oxygen atoms in total. The van der Waals surface area contributed by atoms with Crippen LogP contribution in [0.25, 0.3) is 21.5 Å². The number of amides is 2. The van der Waals surface area contributed by atoms with E-state index in [1.807, 2.05) is 30.3 Å². The maximum atomic E-state index is 14.0. The van der Waals surface area contributed by atoms with Gasteiger partial charge in [-0.15, -0.1) is 0 Å². The summed E-state index contributed by atoms with van der Waals surface area (Å²) >= 11 is 0. The Labute approximate surface area is 237 Å². The molecule has 5 N–H and O–H groups in total. The summed E-state index contributed by atoms with van der Waals surface area (Å²) in [6.07, 6.45) is 3.24. The van der Waals surface area contributed by atoms with Crippen molar-refractivity contribution in [1.82, 2.24) is 10.2 Å². The predicted octanol–water partition coefficient (Wildman–Crippen LogP) is 4.81. The van der Waals surface area contributed by atoms with Crippen LogP contribution in [0.1, 0.15) is 37.3 Å². The van der Waals surface area contributed by atoms with Gasteiger partial charge in [0, 0.05) is 32.0 Å². The van der Waals surface area contributed by atoms with Crippen molar-refractivity contribution >= 4 is 33.4 Å². The average Bonchev–Trinajstić information content (AvgIpc) is 2.98. The Morgan fingerprint density at radius 1 is 0.775 bits per heavy atom. The fraction of sp³-hybridized carbons (Fsp3) is 0.353. The molecule has 0 fully saturated rings.